The molecule has 0 bridgehead atoms. The third-order valence-electron chi connectivity index (χ3n) is 3.78. The predicted octanol–water partition coefficient (Wildman–Crippen LogP) is 2.67. The Morgan fingerprint density at radius 3 is 2.56 bits per heavy atom. The van der Waals surface area contributed by atoms with Gasteiger partial charge in [0, 0.05) is 18.0 Å². The number of anilines is 1. The molecule has 1 amide bonds. The van der Waals surface area contributed by atoms with Gasteiger partial charge in [0.2, 0.25) is 5.76 Å². The second-order valence-corrected chi connectivity index (χ2v) is 5.84. The summed E-state index contributed by atoms with van der Waals surface area (Å²) in [6, 6.07) is 16.7. The summed E-state index contributed by atoms with van der Waals surface area (Å²) < 4.78 is 12.0. The molecule has 0 spiro atoms. The molecule has 0 saturated carbocycles. The summed E-state index contributed by atoms with van der Waals surface area (Å²) in [5.74, 6) is -0.806. The smallest absolute Gasteiger partial charge is 0.375 e. The van der Waals surface area contributed by atoms with Crippen LogP contribution in [0.3, 0.4) is 0 Å². The van der Waals surface area contributed by atoms with Crippen LogP contribution in [0.25, 0.3) is 0 Å². The van der Waals surface area contributed by atoms with Crippen molar-refractivity contribution < 1.29 is 18.7 Å². The quantitative estimate of drug-likeness (QED) is 0.678. The van der Waals surface area contributed by atoms with Crippen molar-refractivity contribution in [2.45, 2.75) is 19.6 Å². The van der Waals surface area contributed by atoms with Crippen molar-refractivity contribution in [2.75, 3.05) is 5.32 Å². The topological polar surface area (TPSA) is 90.5 Å². The molecule has 3 rings (SSSR count). The van der Waals surface area contributed by atoms with Crippen LogP contribution in [0.15, 0.2) is 76.1 Å². The summed E-state index contributed by atoms with van der Waals surface area (Å²) in [5.41, 5.74) is 0.434. The zero-order valence-electron chi connectivity index (χ0n) is 14.6. The number of carbonyl (C=O) groups excluding carboxylic acids is 2. The Morgan fingerprint density at radius 2 is 1.81 bits per heavy atom. The van der Waals surface area contributed by atoms with Crippen molar-refractivity contribution in [3.8, 4) is 0 Å². The first-order chi connectivity index (χ1) is 13.0. The molecule has 1 aromatic carbocycles. The average Bonchev–Trinajstić information content (AvgIpc) is 3.13. The van der Waals surface area contributed by atoms with Crippen LogP contribution in [-0.2, 0) is 16.1 Å². The van der Waals surface area contributed by atoms with E-state index >= 15 is 0 Å². The SMILES string of the molecule is C[C@H](OC(=O)c1ccc(Cn2ccccc2=O)o1)C(=O)Nc1ccccc1. The fourth-order valence-electron chi connectivity index (χ4n) is 2.37. The summed E-state index contributed by atoms with van der Waals surface area (Å²) in [4.78, 5) is 36.0. The molecule has 0 radical (unpaired) electrons. The third-order valence-corrected chi connectivity index (χ3v) is 3.78. The van der Waals surface area contributed by atoms with E-state index in [0.717, 1.165) is 0 Å². The molecule has 0 aliphatic rings. The van der Waals surface area contributed by atoms with Gasteiger partial charge in [-0.2, -0.15) is 0 Å². The third kappa shape index (κ3) is 4.72. The minimum Gasteiger partial charge on any atom is -0.452 e. The highest BCUT2D eigenvalue weighted by molar-refractivity contribution is 5.96. The number of para-hydroxylation sites is 1. The molecule has 2 aromatic heterocycles. The molecule has 0 unspecified atom stereocenters. The molecular weight excluding hydrogens is 348 g/mol. The second-order valence-electron chi connectivity index (χ2n) is 5.84. The largest absolute Gasteiger partial charge is 0.452 e. The van der Waals surface area contributed by atoms with Gasteiger partial charge in [0.15, 0.2) is 6.10 Å². The number of ether oxygens (including phenoxy) is 1. The minimum absolute atomic E-state index is 0.0339. The zero-order chi connectivity index (χ0) is 19.2. The van der Waals surface area contributed by atoms with Gasteiger partial charge in [-0.3, -0.25) is 9.59 Å². The minimum atomic E-state index is -0.997. The molecule has 1 atom stereocenters. The van der Waals surface area contributed by atoms with Gasteiger partial charge in [0.25, 0.3) is 11.5 Å². The average molecular weight is 366 g/mol. The predicted molar refractivity (Wildman–Crippen MR) is 98.5 cm³/mol. The maximum atomic E-state index is 12.2. The van der Waals surface area contributed by atoms with Gasteiger partial charge in [-0.1, -0.05) is 24.3 Å². The van der Waals surface area contributed by atoms with E-state index in [0.29, 0.717) is 11.4 Å². The zero-order valence-corrected chi connectivity index (χ0v) is 14.6. The Labute approximate surface area is 155 Å². The fourth-order valence-corrected chi connectivity index (χ4v) is 2.37. The van der Waals surface area contributed by atoms with Crippen molar-refractivity contribution >= 4 is 17.6 Å². The van der Waals surface area contributed by atoms with Crippen LogP contribution in [0.1, 0.15) is 23.2 Å². The van der Waals surface area contributed by atoms with Crippen molar-refractivity contribution in [3.05, 3.63) is 88.7 Å². The van der Waals surface area contributed by atoms with Gasteiger partial charge < -0.3 is 19.0 Å². The highest BCUT2D eigenvalue weighted by Gasteiger charge is 2.21. The molecule has 138 valence electrons. The van der Waals surface area contributed by atoms with E-state index in [1.807, 2.05) is 6.07 Å². The Morgan fingerprint density at radius 1 is 1.07 bits per heavy atom. The number of hydrogen-bond donors (Lipinski definition) is 1. The number of aromatic nitrogens is 1. The standard InChI is InChI=1S/C20H18N2O5/c1-14(19(24)21-15-7-3-2-4-8-15)26-20(25)17-11-10-16(27-17)13-22-12-6-5-9-18(22)23/h2-12,14H,13H2,1H3,(H,21,24)/t14-/m0/s1. The number of nitrogens with one attached hydrogen (secondary N) is 1. The highest BCUT2D eigenvalue weighted by Crippen LogP contribution is 2.12. The van der Waals surface area contributed by atoms with Gasteiger partial charge in [0.1, 0.15) is 5.76 Å². The Bertz CT molecular complexity index is 991. The number of esters is 1. The first-order valence-electron chi connectivity index (χ1n) is 8.34. The van der Waals surface area contributed by atoms with Crippen molar-refractivity contribution in [3.63, 3.8) is 0 Å². The number of benzene rings is 1. The Kier molecular flexibility index (Phi) is 5.51. The van der Waals surface area contributed by atoms with Crippen LogP contribution in [0.4, 0.5) is 5.69 Å². The van der Waals surface area contributed by atoms with Crippen LogP contribution in [0.5, 0.6) is 0 Å². The number of amides is 1. The molecular formula is C20H18N2O5. The van der Waals surface area contributed by atoms with Gasteiger partial charge in [-0.25, -0.2) is 4.79 Å². The van der Waals surface area contributed by atoms with E-state index in [-0.39, 0.29) is 17.9 Å². The van der Waals surface area contributed by atoms with E-state index in [1.54, 1.807) is 48.7 Å². The molecule has 0 aliphatic carbocycles. The number of carbonyl (C=O) groups is 2. The lowest BCUT2D eigenvalue weighted by Gasteiger charge is -2.12. The van der Waals surface area contributed by atoms with Crippen LogP contribution in [0, 0.1) is 0 Å². The number of nitrogens with zero attached hydrogens (tertiary/aromatic N) is 1. The van der Waals surface area contributed by atoms with Gasteiger partial charge in [0.05, 0.1) is 6.54 Å². The molecule has 2 heterocycles. The number of rotatable bonds is 6. The highest BCUT2D eigenvalue weighted by atomic mass is 16.6. The van der Waals surface area contributed by atoms with E-state index < -0.39 is 18.0 Å². The summed E-state index contributed by atoms with van der Waals surface area (Å²) in [6.45, 7) is 1.67. The van der Waals surface area contributed by atoms with Crippen LogP contribution in [-0.4, -0.2) is 22.5 Å². The summed E-state index contributed by atoms with van der Waals surface area (Å²) >= 11 is 0. The Hall–Kier alpha value is -3.61. The van der Waals surface area contributed by atoms with Crippen molar-refractivity contribution in [1.29, 1.82) is 0 Å². The fraction of sp³-hybridized carbons (Fsp3) is 0.150. The van der Waals surface area contributed by atoms with Crippen molar-refractivity contribution in [1.82, 2.24) is 4.57 Å². The monoisotopic (exact) mass is 366 g/mol. The van der Waals surface area contributed by atoms with E-state index in [4.69, 9.17) is 9.15 Å². The molecule has 7 nitrogen and oxygen atoms in total. The van der Waals surface area contributed by atoms with Gasteiger partial charge >= 0.3 is 5.97 Å². The van der Waals surface area contributed by atoms with E-state index in [1.165, 1.54) is 23.6 Å². The second kappa shape index (κ2) is 8.18. The van der Waals surface area contributed by atoms with E-state index in [9.17, 15) is 14.4 Å². The summed E-state index contributed by atoms with van der Waals surface area (Å²) in [6.07, 6.45) is 0.627. The first-order valence-corrected chi connectivity index (χ1v) is 8.34. The molecule has 0 saturated heterocycles. The number of hydrogen-bond acceptors (Lipinski definition) is 5. The van der Waals surface area contributed by atoms with Gasteiger partial charge in [-0.15, -0.1) is 0 Å². The van der Waals surface area contributed by atoms with Gasteiger partial charge in [-0.05, 0) is 37.3 Å². The molecule has 27 heavy (non-hydrogen) atoms. The molecule has 0 aliphatic heterocycles. The number of pyridine rings is 1. The lowest BCUT2D eigenvalue weighted by Crippen LogP contribution is -2.29. The molecule has 1 N–H and O–H groups in total. The Balaban J connectivity index is 1.59. The normalized spacial score (nSPS) is 11.6. The lowest BCUT2D eigenvalue weighted by atomic mass is 10.3. The maximum absolute atomic E-state index is 12.2. The first kappa shape index (κ1) is 18.2. The molecule has 0 fully saturated rings. The molecule has 7 heteroatoms. The van der Waals surface area contributed by atoms with Crippen LogP contribution in [0.2, 0.25) is 0 Å². The van der Waals surface area contributed by atoms with Crippen molar-refractivity contribution in [2.24, 2.45) is 0 Å². The van der Waals surface area contributed by atoms with Crippen LogP contribution >= 0.6 is 0 Å². The lowest BCUT2D eigenvalue weighted by molar-refractivity contribution is -0.123. The van der Waals surface area contributed by atoms with E-state index in [2.05, 4.69) is 5.32 Å². The summed E-state index contributed by atoms with van der Waals surface area (Å²) in [5, 5.41) is 2.66. The summed E-state index contributed by atoms with van der Waals surface area (Å²) in [7, 11) is 0. The maximum Gasteiger partial charge on any atom is 0.375 e. The van der Waals surface area contributed by atoms with Crippen LogP contribution < -0.4 is 10.9 Å². The molecule has 3 aromatic rings. The number of furan rings is 1.